The molecule has 1 saturated carbocycles. The summed E-state index contributed by atoms with van der Waals surface area (Å²) < 4.78 is 19.1. The molecule has 0 bridgehead atoms. The number of aromatic nitrogens is 1. The van der Waals surface area contributed by atoms with Crippen molar-refractivity contribution in [2.24, 2.45) is 11.7 Å². The molecule has 132 valence electrons. The van der Waals surface area contributed by atoms with E-state index >= 15 is 0 Å². The van der Waals surface area contributed by atoms with Gasteiger partial charge >= 0.3 is 0 Å². The van der Waals surface area contributed by atoms with E-state index in [9.17, 15) is 14.3 Å². The highest BCUT2D eigenvalue weighted by molar-refractivity contribution is 5.97. The average molecular weight is 345 g/mol. The highest BCUT2D eigenvalue weighted by Gasteiger charge is 2.35. The molecular formula is C18H20FN3O3. The number of carbonyl (C=O) groups is 1. The van der Waals surface area contributed by atoms with E-state index in [0.717, 1.165) is 0 Å². The molecule has 1 aromatic heterocycles. The van der Waals surface area contributed by atoms with Crippen molar-refractivity contribution in [1.29, 1.82) is 0 Å². The third kappa shape index (κ3) is 3.56. The van der Waals surface area contributed by atoms with Gasteiger partial charge in [0, 0.05) is 6.20 Å². The molecule has 2 aromatic rings. The van der Waals surface area contributed by atoms with Crippen molar-refractivity contribution in [3.63, 3.8) is 0 Å². The Bertz CT molecular complexity index is 778. The number of pyridine rings is 1. The summed E-state index contributed by atoms with van der Waals surface area (Å²) in [6, 6.07) is 7.61. The number of aliphatic hydroxyl groups excluding tert-OH is 1. The Labute approximate surface area is 144 Å². The molecule has 1 aliphatic carbocycles. The van der Waals surface area contributed by atoms with Crippen LogP contribution in [0.4, 0.5) is 10.2 Å². The first-order valence-electron chi connectivity index (χ1n) is 8.02. The number of anilines is 1. The zero-order valence-corrected chi connectivity index (χ0v) is 13.8. The molecule has 0 aliphatic heterocycles. The molecule has 1 aliphatic rings. The zero-order valence-electron chi connectivity index (χ0n) is 13.8. The van der Waals surface area contributed by atoms with E-state index in [1.807, 2.05) is 0 Å². The first kappa shape index (κ1) is 17.2. The topological polar surface area (TPSA) is 97.5 Å². The summed E-state index contributed by atoms with van der Waals surface area (Å²) in [6.07, 6.45) is 2.36. The lowest BCUT2D eigenvalue weighted by atomic mass is 9.75. The molecule has 1 unspecified atom stereocenters. The summed E-state index contributed by atoms with van der Waals surface area (Å²) in [5, 5.41) is 12.9. The molecule has 25 heavy (non-hydrogen) atoms. The van der Waals surface area contributed by atoms with Gasteiger partial charge in [0.15, 0.2) is 11.6 Å². The number of ether oxygens (including phenoxy) is 1. The molecule has 1 fully saturated rings. The number of aliphatic hydroxyl groups is 1. The van der Waals surface area contributed by atoms with Crippen molar-refractivity contribution in [2.75, 3.05) is 12.4 Å². The van der Waals surface area contributed by atoms with Gasteiger partial charge in [0.05, 0.1) is 24.8 Å². The van der Waals surface area contributed by atoms with Crippen molar-refractivity contribution in [2.45, 2.75) is 25.0 Å². The number of benzene rings is 1. The van der Waals surface area contributed by atoms with Gasteiger partial charge in [-0.15, -0.1) is 0 Å². The SMILES string of the molecule is COc1ccc(C(Nc2ncccc2C(N)=O)C2CC(O)C2)cc1F. The van der Waals surface area contributed by atoms with Gasteiger partial charge in [0.1, 0.15) is 5.82 Å². The fourth-order valence-electron chi connectivity index (χ4n) is 3.12. The fraction of sp³-hybridized carbons (Fsp3) is 0.333. The first-order valence-corrected chi connectivity index (χ1v) is 8.02. The van der Waals surface area contributed by atoms with Gasteiger partial charge in [-0.05, 0) is 48.6 Å². The zero-order chi connectivity index (χ0) is 18.0. The quantitative estimate of drug-likeness (QED) is 0.746. The second-order valence-electron chi connectivity index (χ2n) is 6.17. The van der Waals surface area contributed by atoms with E-state index in [1.54, 1.807) is 30.5 Å². The Hall–Kier alpha value is -2.67. The highest BCUT2D eigenvalue weighted by Crippen LogP contribution is 2.40. The van der Waals surface area contributed by atoms with Crippen LogP contribution < -0.4 is 15.8 Å². The third-order valence-electron chi connectivity index (χ3n) is 4.52. The molecule has 0 radical (unpaired) electrons. The number of amides is 1. The first-order chi connectivity index (χ1) is 12.0. The largest absolute Gasteiger partial charge is 0.494 e. The second-order valence-corrected chi connectivity index (χ2v) is 6.17. The Balaban J connectivity index is 1.94. The predicted octanol–water partition coefficient (Wildman–Crippen LogP) is 2.25. The lowest BCUT2D eigenvalue weighted by molar-refractivity contribution is 0.0338. The van der Waals surface area contributed by atoms with Crippen LogP contribution in [-0.2, 0) is 0 Å². The van der Waals surface area contributed by atoms with Crippen LogP contribution in [0.15, 0.2) is 36.5 Å². The highest BCUT2D eigenvalue weighted by atomic mass is 19.1. The molecule has 1 atom stereocenters. The third-order valence-corrected chi connectivity index (χ3v) is 4.52. The van der Waals surface area contributed by atoms with Gasteiger partial charge in [-0.25, -0.2) is 9.37 Å². The maximum Gasteiger partial charge on any atom is 0.252 e. The minimum atomic E-state index is -0.594. The number of primary amides is 1. The number of nitrogens with one attached hydrogen (secondary N) is 1. The minimum Gasteiger partial charge on any atom is -0.494 e. The molecule has 0 spiro atoms. The van der Waals surface area contributed by atoms with Crippen LogP contribution in [0.5, 0.6) is 5.75 Å². The van der Waals surface area contributed by atoms with E-state index < -0.39 is 11.7 Å². The Kier molecular flexibility index (Phi) is 4.85. The van der Waals surface area contributed by atoms with E-state index in [0.29, 0.717) is 24.2 Å². The number of halogens is 1. The predicted molar refractivity (Wildman–Crippen MR) is 90.8 cm³/mol. The fourth-order valence-corrected chi connectivity index (χ4v) is 3.12. The Morgan fingerprint density at radius 3 is 2.80 bits per heavy atom. The number of nitrogens with zero attached hydrogens (tertiary/aromatic N) is 1. The molecule has 1 amide bonds. The van der Waals surface area contributed by atoms with Crippen LogP contribution in [0.25, 0.3) is 0 Å². The van der Waals surface area contributed by atoms with Crippen LogP contribution >= 0.6 is 0 Å². The minimum absolute atomic E-state index is 0.0885. The number of rotatable bonds is 6. The van der Waals surface area contributed by atoms with E-state index in [4.69, 9.17) is 10.5 Å². The summed E-state index contributed by atoms with van der Waals surface area (Å²) >= 11 is 0. The van der Waals surface area contributed by atoms with Gasteiger partial charge < -0.3 is 20.9 Å². The average Bonchev–Trinajstić information content (AvgIpc) is 2.57. The summed E-state index contributed by atoms with van der Waals surface area (Å²) in [5.74, 6) is -0.471. The number of nitrogens with two attached hydrogens (primary N) is 1. The molecule has 0 saturated heterocycles. The molecule has 1 heterocycles. The maximum absolute atomic E-state index is 14.1. The molecular weight excluding hydrogens is 325 g/mol. The lowest BCUT2D eigenvalue weighted by Gasteiger charge is -2.38. The van der Waals surface area contributed by atoms with Crippen molar-refractivity contribution < 1.29 is 19.0 Å². The lowest BCUT2D eigenvalue weighted by Crippen LogP contribution is -2.36. The standard InChI is InChI=1S/C18H20FN3O3/c1-25-15-5-4-10(9-14(15)19)16(11-7-12(23)8-11)22-18-13(17(20)24)3-2-6-21-18/h2-6,9,11-12,16,23H,7-8H2,1H3,(H2,20,24)(H,21,22). The van der Waals surface area contributed by atoms with E-state index in [1.165, 1.54) is 13.2 Å². The normalized spacial score (nSPS) is 20.4. The number of hydrogen-bond donors (Lipinski definition) is 3. The monoisotopic (exact) mass is 345 g/mol. The van der Waals surface area contributed by atoms with Crippen molar-refractivity contribution >= 4 is 11.7 Å². The van der Waals surface area contributed by atoms with Crippen LogP contribution in [0, 0.1) is 11.7 Å². The Morgan fingerprint density at radius 2 is 2.20 bits per heavy atom. The smallest absolute Gasteiger partial charge is 0.252 e. The summed E-state index contributed by atoms with van der Waals surface area (Å²) in [6.45, 7) is 0. The molecule has 6 nitrogen and oxygen atoms in total. The summed E-state index contributed by atoms with van der Waals surface area (Å²) in [4.78, 5) is 15.8. The van der Waals surface area contributed by atoms with E-state index in [-0.39, 0.29) is 29.4 Å². The van der Waals surface area contributed by atoms with Crippen LogP contribution in [-0.4, -0.2) is 29.2 Å². The van der Waals surface area contributed by atoms with Gasteiger partial charge in [0.2, 0.25) is 0 Å². The van der Waals surface area contributed by atoms with Crippen molar-refractivity contribution in [1.82, 2.24) is 4.98 Å². The molecule has 3 rings (SSSR count). The van der Waals surface area contributed by atoms with Gasteiger partial charge in [0.25, 0.3) is 5.91 Å². The number of methoxy groups -OCH3 is 1. The van der Waals surface area contributed by atoms with Crippen LogP contribution in [0.2, 0.25) is 0 Å². The molecule has 1 aromatic carbocycles. The van der Waals surface area contributed by atoms with Gasteiger partial charge in [-0.3, -0.25) is 4.79 Å². The summed E-state index contributed by atoms with van der Waals surface area (Å²) in [7, 11) is 1.41. The van der Waals surface area contributed by atoms with Gasteiger partial charge in [-0.1, -0.05) is 6.07 Å². The maximum atomic E-state index is 14.1. The van der Waals surface area contributed by atoms with Crippen molar-refractivity contribution in [3.05, 3.63) is 53.5 Å². The number of carbonyl (C=O) groups excluding carboxylic acids is 1. The summed E-state index contributed by atoms with van der Waals surface area (Å²) in [5.41, 5.74) is 6.36. The van der Waals surface area contributed by atoms with Gasteiger partial charge in [-0.2, -0.15) is 0 Å². The Morgan fingerprint density at radius 1 is 1.44 bits per heavy atom. The van der Waals surface area contributed by atoms with Crippen LogP contribution in [0.3, 0.4) is 0 Å². The van der Waals surface area contributed by atoms with Crippen molar-refractivity contribution in [3.8, 4) is 5.75 Å². The molecule has 7 heteroatoms. The second kappa shape index (κ2) is 7.06. The molecule has 4 N–H and O–H groups in total. The number of hydrogen-bond acceptors (Lipinski definition) is 5. The van der Waals surface area contributed by atoms with E-state index in [2.05, 4.69) is 10.3 Å². The van der Waals surface area contributed by atoms with Crippen LogP contribution in [0.1, 0.15) is 34.8 Å².